The SMILES string of the molecule is CCC(C)C(NC(=O)C1CCCCN1C)C(=O)N(COC(=O)CC(C)C)C(CC(OC(C)=O)c1nc(C(=O)NC(Cc2ccc(O)cc2)CC(C)[C-]=O)cs1)C(C)C.[CH2-]COC.[V+2]. The van der Waals surface area contributed by atoms with Gasteiger partial charge in [0.2, 0.25) is 11.8 Å². The number of thiazole rings is 1. The third-order valence-electron chi connectivity index (χ3n) is 10.8. The monoisotopic (exact) mass is 936 g/mol. The van der Waals surface area contributed by atoms with Crippen LogP contribution in [-0.2, 0) is 63.2 Å². The number of hydrogen-bond acceptors (Lipinski definition) is 13. The minimum atomic E-state index is -0.983. The van der Waals surface area contributed by atoms with Crippen molar-refractivity contribution in [2.45, 2.75) is 137 Å². The van der Waals surface area contributed by atoms with E-state index in [1.54, 1.807) is 43.7 Å². The molecule has 17 heteroatoms. The Morgan fingerprint density at radius 1 is 1.05 bits per heavy atom. The Bertz CT molecular complexity index is 1710. The quantitative estimate of drug-likeness (QED) is 0.0650. The molecule has 1 radical (unpaired) electrons. The van der Waals surface area contributed by atoms with Gasteiger partial charge < -0.3 is 46.6 Å². The molecule has 1 saturated heterocycles. The van der Waals surface area contributed by atoms with Gasteiger partial charge in [-0.25, -0.2) is 4.98 Å². The van der Waals surface area contributed by atoms with Gasteiger partial charge >= 0.3 is 30.5 Å². The first kappa shape index (κ1) is 57.2. The average molecular weight is 937 g/mol. The molecule has 1 fully saturated rings. The maximum absolute atomic E-state index is 14.8. The molecule has 3 amide bonds. The van der Waals surface area contributed by atoms with E-state index in [0.29, 0.717) is 37.3 Å². The van der Waals surface area contributed by atoms with Gasteiger partial charge in [0.25, 0.3) is 5.91 Å². The van der Waals surface area contributed by atoms with E-state index >= 15 is 0 Å². The molecule has 2 heterocycles. The first-order valence-corrected chi connectivity index (χ1v) is 22.6. The molecule has 7 unspecified atom stereocenters. The summed E-state index contributed by atoms with van der Waals surface area (Å²) in [7, 11) is 3.53. The van der Waals surface area contributed by atoms with Crippen LogP contribution in [0.15, 0.2) is 29.6 Å². The Balaban J connectivity index is 0.00000380. The second kappa shape index (κ2) is 29.6. The molecule has 0 saturated carbocycles. The van der Waals surface area contributed by atoms with E-state index in [-0.39, 0.29) is 79.3 Å². The van der Waals surface area contributed by atoms with Crippen molar-refractivity contribution in [3.63, 3.8) is 0 Å². The maximum atomic E-state index is 14.8. The number of aromatic hydroxyl groups is 1. The number of ether oxygens (including phenoxy) is 3. The van der Waals surface area contributed by atoms with E-state index in [0.717, 1.165) is 36.3 Å². The number of aromatic nitrogens is 1. The summed E-state index contributed by atoms with van der Waals surface area (Å²) in [5, 5.41) is 17.6. The van der Waals surface area contributed by atoms with E-state index in [2.05, 4.69) is 27.3 Å². The van der Waals surface area contributed by atoms with Crippen LogP contribution in [0.2, 0.25) is 0 Å². The van der Waals surface area contributed by atoms with E-state index in [4.69, 9.17) is 9.47 Å². The number of piperidine rings is 1. The number of hydrogen-bond donors (Lipinski definition) is 3. The maximum Gasteiger partial charge on any atom is 2.00 e. The second-order valence-electron chi connectivity index (χ2n) is 16.9. The van der Waals surface area contributed by atoms with Crippen LogP contribution >= 0.6 is 11.3 Å². The molecule has 0 spiro atoms. The number of likely N-dealkylation sites (tertiary alicyclic amines) is 1. The van der Waals surface area contributed by atoms with E-state index in [9.17, 15) is 33.9 Å². The van der Waals surface area contributed by atoms with Crippen molar-refractivity contribution in [1.29, 1.82) is 0 Å². The van der Waals surface area contributed by atoms with Crippen LogP contribution in [-0.4, -0.2) is 114 Å². The molecule has 7 atom stereocenters. The predicted octanol–water partition coefficient (Wildman–Crippen LogP) is 6.20. The molecule has 0 aliphatic carbocycles. The summed E-state index contributed by atoms with van der Waals surface area (Å²) in [6.45, 7) is 18.8. The molecule has 15 nitrogen and oxygen atoms in total. The Morgan fingerprint density at radius 3 is 2.24 bits per heavy atom. The summed E-state index contributed by atoms with van der Waals surface area (Å²) in [6.07, 6.45) is 5.08. The van der Waals surface area contributed by atoms with Crippen LogP contribution in [0.4, 0.5) is 0 Å². The van der Waals surface area contributed by atoms with E-state index in [1.165, 1.54) is 11.8 Å². The van der Waals surface area contributed by atoms with Gasteiger partial charge in [-0.1, -0.05) is 86.5 Å². The number of carbonyl (C=O) groups excluding carboxylic acids is 6. The molecule has 0 bridgehead atoms. The third-order valence-corrected chi connectivity index (χ3v) is 11.8. The number of phenolic OH excluding ortho intramolecular Hbond substituents is 1. The molecular formula is C46H71N5O10SV. The first-order chi connectivity index (χ1) is 29.3. The molecule has 1 aliphatic heterocycles. The van der Waals surface area contributed by atoms with Gasteiger partial charge in [0.05, 0.1) is 6.04 Å². The van der Waals surface area contributed by atoms with Crippen LogP contribution in [0.5, 0.6) is 5.75 Å². The molecule has 3 N–H and O–H groups in total. The molecule has 2 aromatic rings. The fourth-order valence-electron chi connectivity index (χ4n) is 7.14. The van der Waals surface area contributed by atoms with Gasteiger partial charge in [-0.2, -0.15) is 0 Å². The fourth-order valence-corrected chi connectivity index (χ4v) is 7.98. The Hall–Kier alpha value is -3.83. The number of methoxy groups -OCH3 is 1. The van der Waals surface area contributed by atoms with Gasteiger partial charge in [-0.3, -0.25) is 35.2 Å². The first-order valence-electron chi connectivity index (χ1n) is 21.7. The zero-order valence-electron chi connectivity index (χ0n) is 38.9. The summed E-state index contributed by atoms with van der Waals surface area (Å²) >= 11 is 1.13. The minimum absolute atomic E-state index is 0. The van der Waals surface area contributed by atoms with E-state index < -0.39 is 53.9 Å². The third kappa shape index (κ3) is 19.8. The molecule has 1 aromatic heterocycles. The largest absolute Gasteiger partial charge is 2.00 e. The molecule has 1 aromatic carbocycles. The van der Waals surface area contributed by atoms with Crippen molar-refractivity contribution in [1.82, 2.24) is 25.4 Å². The van der Waals surface area contributed by atoms with E-state index in [1.807, 2.05) is 59.8 Å². The van der Waals surface area contributed by atoms with Crippen molar-refractivity contribution in [2.24, 2.45) is 23.7 Å². The number of esters is 2. The van der Waals surface area contributed by atoms with Crippen LogP contribution in [0, 0.1) is 30.6 Å². The summed E-state index contributed by atoms with van der Waals surface area (Å²) in [6, 6.07) is 4.18. The zero-order valence-corrected chi connectivity index (χ0v) is 41.1. The fraction of sp³-hybridized carbons (Fsp3) is 0.652. The zero-order chi connectivity index (χ0) is 46.5. The number of rotatable bonds is 23. The second-order valence-corrected chi connectivity index (χ2v) is 17.8. The van der Waals surface area contributed by atoms with Crippen molar-refractivity contribution in [2.75, 3.05) is 34.0 Å². The Kier molecular flexibility index (Phi) is 26.9. The number of carbonyl (C=O) groups is 5. The van der Waals surface area contributed by atoms with Crippen LogP contribution in [0.25, 0.3) is 0 Å². The number of amides is 3. The van der Waals surface area contributed by atoms with Gasteiger partial charge in [-0.15, -0.1) is 17.3 Å². The molecular weight excluding hydrogens is 866 g/mol. The van der Waals surface area contributed by atoms with Gasteiger partial charge in [-0.05, 0) is 68.3 Å². The van der Waals surface area contributed by atoms with Crippen LogP contribution in [0.1, 0.15) is 127 Å². The van der Waals surface area contributed by atoms with Crippen molar-refractivity contribution >= 4 is 47.3 Å². The minimum Gasteiger partial charge on any atom is -0.542 e. The molecule has 351 valence electrons. The standard InChI is InChI=1S/C43H64N5O9S.C3H7O.V/c1-10-29(7)39(46-41(54)35-13-11-12-18-47(35)9)43(55)48(25-56-38(52)19-26(2)3)36(27(4)5)22-37(57-30(8)50)42-45-34(24-58-42)40(53)44-32(20-28(6)23-49)21-31-14-16-33(51)17-15-31;1-3-4-2;/h14-17,24,26-29,32,35-37,39,51H,10-13,18-22,25H2,1-9H3,(H,44,53)(H,46,54);1,3H2,2H3;/q2*-1;+2. The average Bonchev–Trinajstić information content (AvgIpc) is 3.73. The summed E-state index contributed by atoms with van der Waals surface area (Å²) in [5.41, 5.74) is 0.930. The van der Waals surface area contributed by atoms with Gasteiger partial charge in [0.15, 0.2) is 12.8 Å². The smallest absolute Gasteiger partial charge is 0.542 e. The number of likely N-dealkylation sites (N-methyl/N-ethyl adjacent to an activating group) is 1. The predicted molar refractivity (Wildman–Crippen MR) is 239 cm³/mol. The summed E-state index contributed by atoms with van der Waals surface area (Å²) < 4.78 is 16.0. The number of nitrogens with zero attached hydrogens (tertiary/aromatic N) is 3. The van der Waals surface area contributed by atoms with Crippen molar-refractivity contribution in [3.8, 4) is 5.75 Å². The summed E-state index contributed by atoms with van der Waals surface area (Å²) in [4.78, 5) is 87.1. The van der Waals surface area contributed by atoms with Crippen molar-refractivity contribution < 1.29 is 66.6 Å². The Morgan fingerprint density at radius 2 is 1.70 bits per heavy atom. The Labute approximate surface area is 391 Å². The molecule has 1 aliphatic rings. The molecule has 3 rings (SSSR count). The number of nitrogens with one attached hydrogen (secondary N) is 2. The number of phenols is 1. The normalized spacial score (nSPS) is 16.7. The number of benzene rings is 1. The van der Waals surface area contributed by atoms with Gasteiger partial charge in [0.1, 0.15) is 22.5 Å². The topological polar surface area (TPSA) is 194 Å². The van der Waals surface area contributed by atoms with Crippen LogP contribution < -0.4 is 10.6 Å². The molecule has 63 heavy (non-hydrogen) atoms. The summed E-state index contributed by atoms with van der Waals surface area (Å²) in [5.74, 6) is -3.03. The van der Waals surface area contributed by atoms with Crippen molar-refractivity contribution in [3.05, 3.63) is 52.8 Å². The van der Waals surface area contributed by atoms with Crippen LogP contribution in [0.3, 0.4) is 0 Å². The van der Waals surface area contributed by atoms with Gasteiger partial charge in [0, 0.05) is 44.3 Å².